The summed E-state index contributed by atoms with van der Waals surface area (Å²) in [6.07, 6.45) is 6.35. The average molecular weight is 366 g/mol. The van der Waals surface area contributed by atoms with Crippen LogP contribution in [0.25, 0.3) is 17.4 Å². The number of imidazole rings is 1. The highest BCUT2D eigenvalue weighted by molar-refractivity contribution is 6.31. The van der Waals surface area contributed by atoms with Gasteiger partial charge in [-0.05, 0) is 46.8 Å². The van der Waals surface area contributed by atoms with Crippen molar-refractivity contribution in [2.24, 2.45) is 0 Å². The van der Waals surface area contributed by atoms with Crippen molar-refractivity contribution in [3.05, 3.63) is 71.9 Å². The maximum Gasteiger partial charge on any atom is 0.248 e. The first-order valence-corrected chi connectivity index (χ1v) is 8.03. The molecule has 1 amide bonds. The molecule has 0 aliphatic carbocycles. The number of tetrazole rings is 1. The highest BCUT2D eigenvalue weighted by atomic mass is 35.5. The molecule has 0 spiro atoms. The van der Waals surface area contributed by atoms with Gasteiger partial charge in [0, 0.05) is 18.0 Å². The Labute approximate surface area is 152 Å². The van der Waals surface area contributed by atoms with E-state index in [0.717, 1.165) is 5.69 Å². The van der Waals surface area contributed by atoms with Crippen molar-refractivity contribution in [2.75, 3.05) is 5.32 Å². The number of carbonyl (C=O) groups excluding carboxylic acids is 1. The van der Waals surface area contributed by atoms with E-state index in [1.165, 1.54) is 17.1 Å². The Kier molecular flexibility index (Phi) is 4.16. The number of nitrogens with zero attached hydrogens (tertiary/aromatic N) is 6. The lowest BCUT2D eigenvalue weighted by atomic mass is 10.2. The molecule has 8 nitrogen and oxygen atoms in total. The lowest BCUT2D eigenvalue weighted by molar-refractivity contribution is -0.111. The van der Waals surface area contributed by atoms with Gasteiger partial charge in [0.25, 0.3) is 0 Å². The summed E-state index contributed by atoms with van der Waals surface area (Å²) in [7, 11) is 0. The number of hydrogen-bond acceptors (Lipinski definition) is 5. The molecule has 0 fully saturated rings. The third-order valence-corrected chi connectivity index (χ3v) is 3.92. The van der Waals surface area contributed by atoms with E-state index in [1.54, 1.807) is 24.3 Å². The fourth-order valence-electron chi connectivity index (χ4n) is 2.48. The fraction of sp³-hybridized carbons (Fsp3) is 0. The number of anilines is 1. The molecule has 4 rings (SSSR count). The summed E-state index contributed by atoms with van der Waals surface area (Å²) >= 11 is 6.15. The summed E-state index contributed by atoms with van der Waals surface area (Å²) in [4.78, 5) is 16.5. The Balaban J connectivity index is 1.53. The molecule has 0 radical (unpaired) electrons. The number of aromatic nitrogens is 6. The van der Waals surface area contributed by atoms with E-state index in [1.807, 2.05) is 34.9 Å². The predicted molar refractivity (Wildman–Crippen MR) is 97.0 cm³/mol. The van der Waals surface area contributed by atoms with Crippen molar-refractivity contribution >= 4 is 34.9 Å². The van der Waals surface area contributed by atoms with E-state index in [2.05, 4.69) is 25.8 Å². The van der Waals surface area contributed by atoms with Gasteiger partial charge in [-0.25, -0.2) is 9.67 Å². The van der Waals surface area contributed by atoms with Crippen LogP contribution >= 0.6 is 11.6 Å². The van der Waals surface area contributed by atoms with Crippen LogP contribution < -0.4 is 5.32 Å². The number of carbonyl (C=O) groups is 1. The molecule has 26 heavy (non-hydrogen) atoms. The van der Waals surface area contributed by atoms with Gasteiger partial charge >= 0.3 is 0 Å². The zero-order valence-electron chi connectivity index (χ0n) is 13.3. The molecule has 0 aliphatic rings. The topological polar surface area (TPSA) is 90.0 Å². The Bertz CT molecular complexity index is 1100. The van der Waals surface area contributed by atoms with Crippen molar-refractivity contribution in [3.8, 4) is 5.69 Å². The van der Waals surface area contributed by atoms with E-state index in [0.29, 0.717) is 22.2 Å². The SMILES string of the molecule is O=C(/C=C/c1c(Cl)nc2ccccn12)Nc1cccc(-n2cnnn2)c1. The third-order valence-electron chi connectivity index (χ3n) is 3.64. The summed E-state index contributed by atoms with van der Waals surface area (Å²) in [5, 5.41) is 14.1. The van der Waals surface area contributed by atoms with Crippen molar-refractivity contribution in [3.63, 3.8) is 0 Å². The van der Waals surface area contributed by atoms with Crippen molar-refractivity contribution in [1.29, 1.82) is 0 Å². The van der Waals surface area contributed by atoms with Crippen LogP contribution in [0.4, 0.5) is 5.69 Å². The zero-order chi connectivity index (χ0) is 17.9. The minimum atomic E-state index is -0.291. The molecule has 0 atom stereocenters. The standard InChI is InChI=1S/C17H12ClN7O/c18-17-14(24-9-2-1-6-15(24)21-17)7-8-16(26)20-12-4-3-5-13(10-12)25-11-19-22-23-25/h1-11H,(H,20,26)/b8-7+. The second-order valence-corrected chi connectivity index (χ2v) is 5.70. The van der Waals surface area contributed by atoms with Gasteiger partial charge in [-0.15, -0.1) is 5.10 Å². The van der Waals surface area contributed by atoms with E-state index in [-0.39, 0.29) is 5.91 Å². The second-order valence-electron chi connectivity index (χ2n) is 5.34. The minimum absolute atomic E-state index is 0.291. The van der Waals surface area contributed by atoms with E-state index < -0.39 is 0 Å². The molecular formula is C17H12ClN7O. The normalized spacial score (nSPS) is 11.3. The molecule has 0 unspecified atom stereocenters. The summed E-state index contributed by atoms with van der Waals surface area (Å²) in [5.74, 6) is -0.291. The van der Waals surface area contributed by atoms with Crippen LogP contribution in [0.2, 0.25) is 5.15 Å². The number of halogens is 1. The van der Waals surface area contributed by atoms with Crippen molar-refractivity contribution < 1.29 is 4.79 Å². The molecule has 1 aromatic carbocycles. The van der Waals surface area contributed by atoms with E-state index in [9.17, 15) is 4.79 Å². The van der Waals surface area contributed by atoms with Crippen LogP contribution in [-0.4, -0.2) is 35.5 Å². The quantitative estimate of drug-likeness (QED) is 0.561. The maximum atomic E-state index is 12.2. The Morgan fingerprint density at radius 1 is 1.19 bits per heavy atom. The molecular weight excluding hydrogens is 354 g/mol. The molecule has 128 valence electrons. The molecule has 9 heteroatoms. The highest BCUT2D eigenvalue weighted by Crippen LogP contribution is 2.19. The van der Waals surface area contributed by atoms with Crippen LogP contribution in [0.3, 0.4) is 0 Å². The first kappa shape index (κ1) is 16.0. The second kappa shape index (κ2) is 6.77. The summed E-state index contributed by atoms with van der Waals surface area (Å²) in [5.41, 5.74) is 2.71. The molecule has 0 saturated carbocycles. The van der Waals surface area contributed by atoms with E-state index in [4.69, 9.17) is 11.6 Å². The number of hydrogen-bond donors (Lipinski definition) is 1. The number of fused-ring (bicyclic) bond motifs is 1. The molecule has 0 bridgehead atoms. The van der Waals surface area contributed by atoms with Crippen molar-refractivity contribution in [1.82, 2.24) is 29.6 Å². The average Bonchev–Trinajstić information content (AvgIpc) is 3.28. The van der Waals surface area contributed by atoms with Crippen LogP contribution in [0.5, 0.6) is 0 Å². The molecule has 3 heterocycles. The van der Waals surface area contributed by atoms with E-state index >= 15 is 0 Å². The molecule has 4 aromatic rings. The Morgan fingerprint density at radius 2 is 2.12 bits per heavy atom. The van der Waals surface area contributed by atoms with Gasteiger partial charge in [0.05, 0.1) is 11.4 Å². The van der Waals surface area contributed by atoms with Crippen LogP contribution in [0.15, 0.2) is 61.1 Å². The minimum Gasteiger partial charge on any atom is -0.322 e. The number of pyridine rings is 1. The molecule has 1 N–H and O–H groups in total. The lowest BCUT2D eigenvalue weighted by Gasteiger charge is -2.05. The fourth-order valence-corrected chi connectivity index (χ4v) is 2.72. The van der Waals surface area contributed by atoms with Crippen LogP contribution in [0.1, 0.15) is 5.69 Å². The van der Waals surface area contributed by atoms with Gasteiger partial charge < -0.3 is 5.32 Å². The predicted octanol–water partition coefficient (Wildman–Crippen LogP) is 2.62. The molecule has 3 aromatic heterocycles. The first-order valence-electron chi connectivity index (χ1n) is 7.66. The Morgan fingerprint density at radius 3 is 2.96 bits per heavy atom. The monoisotopic (exact) mass is 365 g/mol. The number of amides is 1. The van der Waals surface area contributed by atoms with Gasteiger partial charge in [-0.1, -0.05) is 23.7 Å². The summed E-state index contributed by atoms with van der Waals surface area (Å²) < 4.78 is 3.31. The summed E-state index contributed by atoms with van der Waals surface area (Å²) in [6.45, 7) is 0. The highest BCUT2D eigenvalue weighted by Gasteiger charge is 2.07. The van der Waals surface area contributed by atoms with Gasteiger partial charge in [0.1, 0.15) is 12.0 Å². The third kappa shape index (κ3) is 3.17. The molecule has 0 aliphatic heterocycles. The maximum absolute atomic E-state index is 12.2. The van der Waals surface area contributed by atoms with Gasteiger partial charge in [0.2, 0.25) is 5.91 Å². The van der Waals surface area contributed by atoms with Gasteiger partial charge in [0.15, 0.2) is 5.15 Å². The van der Waals surface area contributed by atoms with Crippen molar-refractivity contribution in [2.45, 2.75) is 0 Å². The number of nitrogens with one attached hydrogen (secondary N) is 1. The van der Waals surface area contributed by atoms with Crippen LogP contribution in [-0.2, 0) is 4.79 Å². The lowest BCUT2D eigenvalue weighted by Crippen LogP contribution is -2.08. The number of rotatable bonds is 4. The van der Waals surface area contributed by atoms with Gasteiger partial charge in [-0.2, -0.15) is 0 Å². The zero-order valence-corrected chi connectivity index (χ0v) is 14.1. The smallest absolute Gasteiger partial charge is 0.248 e. The van der Waals surface area contributed by atoms with Crippen LogP contribution in [0, 0.1) is 0 Å². The summed E-state index contributed by atoms with van der Waals surface area (Å²) in [6, 6.07) is 12.8. The molecule has 0 saturated heterocycles. The van der Waals surface area contributed by atoms with Gasteiger partial charge in [-0.3, -0.25) is 9.20 Å². The largest absolute Gasteiger partial charge is 0.322 e. The number of benzene rings is 1. The Hall–Kier alpha value is -3.52. The first-order chi connectivity index (χ1) is 12.7.